The third kappa shape index (κ3) is 2.75. The van der Waals surface area contributed by atoms with Gasteiger partial charge in [-0.15, -0.1) is 0 Å². The van der Waals surface area contributed by atoms with Gasteiger partial charge < -0.3 is 0 Å². The number of hydrogen-bond donors (Lipinski definition) is 1. The summed E-state index contributed by atoms with van der Waals surface area (Å²) in [5.74, 6) is 0. The van der Waals surface area contributed by atoms with Crippen LogP contribution < -0.4 is 4.72 Å². The lowest BCUT2D eigenvalue weighted by atomic mass is 10.1. The molecular formula is C15H14INO2S. The van der Waals surface area contributed by atoms with Gasteiger partial charge in [-0.1, -0.05) is 24.3 Å². The van der Waals surface area contributed by atoms with Gasteiger partial charge in [0.2, 0.25) is 10.0 Å². The Balaban J connectivity index is 1.86. The van der Waals surface area contributed by atoms with Crippen LogP contribution in [0, 0.1) is 3.57 Å². The molecule has 0 aromatic heterocycles. The van der Waals surface area contributed by atoms with E-state index < -0.39 is 10.0 Å². The molecule has 3 nitrogen and oxygen atoms in total. The summed E-state index contributed by atoms with van der Waals surface area (Å²) < 4.78 is 28.6. The summed E-state index contributed by atoms with van der Waals surface area (Å²) in [5.41, 5.74) is 2.34. The van der Waals surface area contributed by atoms with Crippen molar-refractivity contribution in [1.82, 2.24) is 4.72 Å². The Morgan fingerprint density at radius 3 is 2.50 bits per heavy atom. The van der Waals surface area contributed by atoms with Gasteiger partial charge in [-0.3, -0.25) is 0 Å². The first-order valence-electron chi connectivity index (χ1n) is 6.42. The highest BCUT2D eigenvalue weighted by Gasteiger charge is 2.26. The molecule has 104 valence electrons. The highest BCUT2D eigenvalue weighted by Crippen LogP contribution is 2.32. The minimum absolute atomic E-state index is 0.115. The summed E-state index contributed by atoms with van der Waals surface area (Å²) in [6, 6.07) is 14.8. The van der Waals surface area contributed by atoms with Crippen molar-refractivity contribution < 1.29 is 8.42 Å². The molecule has 0 bridgehead atoms. The predicted octanol–water partition coefficient (Wildman–Crippen LogP) is 3.26. The van der Waals surface area contributed by atoms with Crippen molar-refractivity contribution in [3.8, 4) is 0 Å². The van der Waals surface area contributed by atoms with Gasteiger partial charge in [0.15, 0.2) is 0 Å². The van der Waals surface area contributed by atoms with Crippen LogP contribution in [-0.4, -0.2) is 8.42 Å². The average Bonchev–Trinajstić information content (AvgIpc) is 2.82. The fraction of sp³-hybridized carbons (Fsp3) is 0.200. The average molecular weight is 399 g/mol. The SMILES string of the molecule is O=S(=O)(NC1CCc2ccccc21)c1ccc(I)cc1. The highest BCUT2D eigenvalue weighted by molar-refractivity contribution is 14.1. The summed E-state index contributed by atoms with van der Waals surface area (Å²) in [6.07, 6.45) is 1.75. The zero-order valence-electron chi connectivity index (χ0n) is 10.7. The lowest BCUT2D eigenvalue weighted by Gasteiger charge is -2.14. The minimum atomic E-state index is -3.46. The van der Waals surface area contributed by atoms with Crippen LogP contribution in [0.4, 0.5) is 0 Å². The third-order valence-electron chi connectivity index (χ3n) is 3.55. The second-order valence-corrected chi connectivity index (χ2v) is 7.82. The number of nitrogens with one attached hydrogen (secondary N) is 1. The van der Waals surface area contributed by atoms with Gasteiger partial charge in [-0.05, 0) is 70.8 Å². The molecule has 0 heterocycles. The number of fused-ring (bicyclic) bond motifs is 1. The molecule has 1 unspecified atom stereocenters. The van der Waals surface area contributed by atoms with Gasteiger partial charge in [0.1, 0.15) is 0 Å². The van der Waals surface area contributed by atoms with E-state index in [0.29, 0.717) is 4.90 Å². The molecule has 0 saturated carbocycles. The number of rotatable bonds is 3. The number of sulfonamides is 1. The van der Waals surface area contributed by atoms with Gasteiger partial charge in [0, 0.05) is 9.61 Å². The lowest BCUT2D eigenvalue weighted by molar-refractivity contribution is 0.554. The van der Waals surface area contributed by atoms with Crippen molar-refractivity contribution in [1.29, 1.82) is 0 Å². The molecule has 0 aliphatic heterocycles. The first kappa shape index (κ1) is 14.0. The molecule has 3 rings (SSSR count). The number of benzene rings is 2. The van der Waals surface area contributed by atoms with E-state index in [1.54, 1.807) is 24.3 Å². The molecule has 0 saturated heterocycles. The maximum Gasteiger partial charge on any atom is 0.241 e. The molecule has 1 N–H and O–H groups in total. The van der Waals surface area contributed by atoms with Crippen LogP contribution in [0.25, 0.3) is 0 Å². The smallest absolute Gasteiger partial charge is 0.207 e. The van der Waals surface area contributed by atoms with E-state index in [0.717, 1.165) is 22.0 Å². The van der Waals surface area contributed by atoms with Crippen LogP contribution in [-0.2, 0) is 16.4 Å². The van der Waals surface area contributed by atoms with Crippen molar-refractivity contribution >= 4 is 32.6 Å². The van der Waals surface area contributed by atoms with Crippen LogP contribution in [0.1, 0.15) is 23.6 Å². The quantitative estimate of drug-likeness (QED) is 0.806. The van der Waals surface area contributed by atoms with E-state index in [2.05, 4.69) is 33.4 Å². The second-order valence-electron chi connectivity index (χ2n) is 4.87. The predicted molar refractivity (Wildman–Crippen MR) is 87.0 cm³/mol. The topological polar surface area (TPSA) is 46.2 Å². The molecule has 0 spiro atoms. The molecule has 2 aromatic rings. The van der Waals surface area contributed by atoms with Gasteiger partial charge in [-0.25, -0.2) is 13.1 Å². The standard InChI is InChI=1S/C15H14INO2S/c16-12-6-8-13(9-7-12)20(18,19)17-15-10-5-11-3-1-2-4-14(11)15/h1-4,6-9,15,17H,5,10H2. The lowest BCUT2D eigenvalue weighted by Crippen LogP contribution is -2.27. The molecule has 1 aliphatic rings. The maximum absolute atomic E-state index is 12.4. The van der Waals surface area contributed by atoms with E-state index in [4.69, 9.17) is 0 Å². The Morgan fingerprint density at radius 1 is 1.05 bits per heavy atom. The third-order valence-corrected chi connectivity index (χ3v) is 5.76. The summed E-state index contributed by atoms with van der Waals surface area (Å²) in [7, 11) is -3.46. The Morgan fingerprint density at radius 2 is 1.75 bits per heavy atom. The van der Waals surface area contributed by atoms with Gasteiger partial charge in [-0.2, -0.15) is 0 Å². The highest BCUT2D eigenvalue weighted by atomic mass is 127. The van der Waals surface area contributed by atoms with Crippen LogP contribution in [0.2, 0.25) is 0 Å². The van der Waals surface area contributed by atoms with Crippen molar-refractivity contribution in [3.63, 3.8) is 0 Å². The normalized spacial score (nSPS) is 17.9. The molecule has 20 heavy (non-hydrogen) atoms. The Bertz CT molecular complexity index is 726. The first-order valence-corrected chi connectivity index (χ1v) is 8.98. The van der Waals surface area contributed by atoms with Crippen LogP contribution >= 0.6 is 22.6 Å². The summed E-state index contributed by atoms with van der Waals surface area (Å²) in [6.45, 7) is 0. The molecule has 0 radical (unpaired) electrons. The first-order chi connectivity index (χ1) is 9.56. The molecule has 5 heteroatoms. The molecule has 1 atom stereocenters. The summed E-state index contributed by atoms with van der Waals surface area (Å²) >= 11 is 2.16. The maximum atomic E-state index is 12.4. The second kappa shape index (κ2) is 5.46. The van der Waals surface area contributed by atoms with E-state index in [1.165, 1.54) is 5.56 Å². The fourth-order valence-corrected chi connectivity index (χ4v) is 4.16. The van der Waals surface area contributed by atoms with Gasteiger partial charge >= 0.3 is 0 Å². The van der Waals surface area contributed by atoms with Gasteiger partial charge in [0.25, 0.3) is 0 Å². The Kier molecular flexibility index (Phi) is 3.83. The molecule has 1 aliphatic carbocycles. The zero-order valence-corrected chi connectivity index (χ0v) is 13.7. The molecule has 2 aromatic carbocycles. The fourth-order valence-electron chi connectivity index (χ4n) is 2.55. The monoisotopic (exact) mass is 399 g/mol. The number of aryl methyl sites for hydroxylation is 1. The van der Waals surface area contributed by atoms with E-state index in [1.807, 2.05) is 18.2 Å². The van der Waals surface area contributed by atoms with Crippen molar-refractivity contribution in [2.75, 3.05) is 0 Å². The minimum Gasteiger partial charge on any atom is -0.207 e. The summed E-state index contributed by atoms with van der Waals surface area (Å²) in [5, 5.41) is 0. The molecular weight excluding hydrogens is 385 g/mol. The van der Waals surface area contributed by atoms with E-state index in [9.17, 15) is 8.42 Å². The van der Waals surface area contributed by atoms with Crippen LogP contribution in [0.5, 0.6) is 0 Å². The Labute approximate surface area is 132 Å². The summed E-state index contributed by atoms with van der Waals surface area (Å²) in [4.78, 5) is 0.322. The Hall–Kier alpha value is -0.920. The van der Waals surface area contributed by atoms with Gasteiger partial charge in [0.05, 0.1) is 4.90 Å². The largest absolute Gasteiger partial charge is 0.241 e. The number of hydrogen-bond acceptors (Lipinski definition) is 2. The van der Waals surface area contributed by atoms with Crippen LogP contribution in [0.15, 0.2) is 53.4 Å². The van der Waals surface area contributed by atoms with E-state index >= 15 is 0 Å². The zero-order chi connectivity index (χ0) is 14.2. The van der Waals surface area contributed by atoms with Crippen LogP contribution in [0.3, 0.4) is 0 Å². The van der Waals surface area contributed by atoms with Crippen molar-refractivity contribution in [2.24, 2.45) is 0 Å². The van der Waals surface area contributed by atoms with Crippen molar-refractivity contribution in [2.45, 2.75) is 23.8 Å². The molecule has 0 fully saturated rings. The number of halogens is 1. The molecule has 0 amide bonds. The van der Waals surface area contributed by atoms with E-state index in [-0.39, 0.29) is 6.04 Å². The van der Waals surface area contributed by atoms with Crippen molar-refractivity contribution in [3.05, 3.63) is 63.2 Å².